The van der Waals surface area contributed by atoms with Crippen LogP contribution in [-0.2, 0) is 4.74 Å². The zero-order valence-electron chi connectivity index (χ0n) is 13.2. The number of ether oxygens (including phenoxy) is 1. The van der Waals surface area contributed by atoms with E-state index < -0.39 is 5.97 Å². The van der Waals surface area contributed by atoms with E-state index >= 15 is 0 Å². The number of piperidine rings is 1. The van der Waals surface area contributed by atoms with Gasteiger partial charge in [0, 0.05) is 17.5 Å². The molecule has 1 heterocycles. The summed E-state index contributed by atoms with van der Waals surface area (Å²) in [7, 11) is 0. The fraction of sp³-hybridized carbons (Fsp3) is 0.500. The fourth-order valence-corrected chi connectivity index (χ4v) is 3.71. The minimum atomic E-state index is -0.394. The molecule has 124 valence electrons. The molecule has 3 rings (SSSR count). The predicted octanol–water partition coefficient (Wildman–Crippen LogP) is 4.58. The van der Waals surface area contributed by atoms with Crippen molar-refractivity contribution in [3.8, 4) is 0 Å². The normalized spacial score (nSPS) is 25.7. The summed E-state index contributed by atoms with van der Waals surface area (Å²) in [5.41, 5.74) is 0.361. The highest BCUT2D eigenvalue weighted by Crippen LogP contribution is 2.27. The molecule has 1 fully saturated rings. The van der Waals surface area contributed by atoms with Crippen molar-refractivity contribution in [2.24, 2.45) is 5.92 Å². The monoisotopic (exact) mass is 353 g/mol. The van der Waals surface area contributed by atoms with Gasteiger partial charge >= 0.3 is 5.97 Å². The summed E-state index contributed by atoms with van der Waals surface area (Å²) >= 11 is 11.9. The third kappa shape index (κ3) is 4.09. The van der Waals surface area contributed by atoms with Crippen molar-refractivity contribution in [1.29, 1.82) is 0 Å². The van der Waals surface area contributed by atoms with Crippen molar-refractivity contribution >= 4 is 29.2 Å². The Morgan fingerprint density at radius 2 is 1.96 bits per heavy atom. The van der Waals surface area contributed by atoms with E-state index in [2.05, 4.69) is 17.9 Å². The Hall–Kier alpha value is -1.03. The molecule has 0 N–H and O–H groups in total. The van der Waals surface area contributed by atoms with E-state index in [4.69, 9.17) is 27.9 Å². The lowest BCUT2D eigenvalue weighted by atomic mass is 9.98. The van der Waals surface area contributed by atoms with Crippen molar-refractivity contribution in [2.45, 2.75) is 38.3 Å². The molecule has 0 radical (unpaired) electrons. The van der Waals surface area contributed by atoms with Gasteiger partial charge in [0.1, 0.15) is 6.10 Å². The molecule has 1 aromatic carbocycles. The summed E-state index contributed by atoms with van der Waals surface area (Å²) in [5, 5.41) is 0.831. The molecule has 3 nitrogen and oxygen atoms in total. The molecule has 5 heteroatoms. The van der Waals surface area contributed by atoms with E-state index in [1.165, 1.54) is 12.8 Å². The van der Waals surface area contributed by atoms with E-state index in [1.54, 1.807) is 18.2 Å². The van der Waals surface area contributed by atoms with Crippen molar-refractivity contribution in [3.63, 3.8) is 0 Å². The Morgan fingerprint density at radius 1 is 1.22 bits per heavy atom. The molecular formula is C18H21Cl2NO2. The second-order valence-corrected chi connectivity index (χ2v) is 7.32. The summed E-state index contributed by atoms with van der Waals surface area (Å²) in [6, 6.07) is 5.18. The number of halogens is 2. The minimum Gasteiger partial charge on any atom is -0.454 e. The number of carbonyl (C=O) groups is 1. The summed E-state index contributed by atoms with van der Waals surface area (Å²) < 4.78 is 5.58. The Morgan fingerprint density at radius 3 is 2.65 bits per heavy atom. The van der Waals surface area contributed by atoms with Crippen molar-refractivity contribution in [1.82, 2.24) is 4.90 Å². The summed E-state index contributed by atoms with van der Waals surface area (Å²) in [4.78, 5) is 14.7. The number of hydrogen-bond acceptors (Lipinski definition) is 3. The van der Waals surface area contributed by atoms with Gasteiger partial charge in [-0.2, -0.15) is 0 Å². The average molecular weight is 354 g/mol. The zero-order chi connectivity index (χ0) is 16.4. The van der Waals surface area contributed by atoms with Crippen LogP contribution in [0.5, 0.6) is 0 Å². The number of nitrogens with zero attached hydrogens (tertiary/aromatic N) is 1. The van der Waals surface area contributed by atoms with Crippen molar-refractivity contribution < 1.29 is 9.53 Å². The Bertz CT molecular complexity index is 609. The molecule has 0 saturated carbocycles. The largest absolute Gasteiger partial charge is 0.454 e. The van der Waals surface area contributed by atoms with Crippen LogP contribution in [0.1, 0.15) is 36.5 Å². The highest BCUT2D eigenvalue weighted by Gasteiger charge is 2.29. The van der Waals surface area contributed by atoms with Gasteiger partial charge in [-0.15, -0.1) is 0 Å². The zero-order valence-corrected chi connectivity index (χ0v) is 14.7. The first-order chi connectivity index (χ1) is 11.0. The van der Waals surface area contributed by atoms with Gasteiger partial charge in [-0.25, -0.2) is 4.79 Å². The maximum absolute atomic E-state index is 12.3. The Balaban J connectivity index is 1.56. The quantitative estimate of drug-likeness (QED) is 0.588. The number of esters is 1. The first kappa shape index (κ1) is 16.8. The number of benzene rings is 1. The average Bonchev–Trinajstić information content (AvgIpc) is 2.96. The molecule has 0 bridgehead atoms. The molecule has 0 unspecified atom stereocenters. The molecular weight excluding hydrogens is 333 g/mol. The lowest BCUT2D eigenvalue weighted by Crippen LogP contribution is -2.40. The number of likely N-dealkylation sites (tertiary alicyclic amines) is 1. The lowest BCUT2D eigenvalue weighted by molar-refractivity contribution is 0.0353. The Kier molecular flexibility index (Phi) is 5.30. The number of carbonyl (C=O) groups excluding carboxylic acids is 1. The summed E-state index contributed by atoms with van der Waals surface area (Å²) in [6.07, 6.45) is 7.29. The molecule has 23 heavy (non-hydrogen) atoms. The van der Waals surface area contributed by atoms with Crippen LogP contribution in [0.15, 0.2) is 30.4 Å². The van der Waals surface area contributed by atoms with Crippen molar-refractivity contribution in [2.75, 3.05) is 13.1 Å². The first-order valence-corrected chi connectivity index (χ1v) is 8.87. The van der Waals surface area contributed by atoms with Crippen LogP contribution in [0.4, 0.5) is 0 Å². The third-order valence-electron chi connectivity index (χ3n) is 4.72. The van der Waals surface area contributed by atoms with Crippen LogP contribution in [0, 0.1) is 5.92 Å². The van der Waals surface area contributed by atoms with Gasteiger partial charge in [-0.3, -0.25) is 4.90 Å². The highest BCUT2D eigenvalue weighted by atomic mass is 35.5. The van der Waals surface area contributed by atoms with Gasteiger partial charge in [-0.05, 0) is 56.1 Å². The van der Waals surface area contributed by atoms with Crippen LogP contribution in [-0.4, -0.2) is 36.1 Å². The molecule has 1 aliphatic heterocycles. The topological polar surface area (TPSA) is 29.5 Å². The Labute approximate surface area is 147 Å². The molecule has 2 atom stereocenters. The van der Waals surface area contributed by atoms with E-state index in [0.29, 0.717) is 21.7 Å². The molecule has 1 aliphatic carbocycles. The standard InChI is InChI=1S/C18H21Cl2NO2/c1-12-6-8-21(9-7-12)14-3-4-15(11-14)23-18(22)16-5-2-13(19)10-17(16)20/h2-5,10,12,14-15H,6-9,11H2,1H3/t14-,15+/m0/s1. The van der Waals surface area contributed by atoms with Gasteiger partial charge in [0.05, 0.1) is 10.6 Å². The van der Waals surface area contributed by atoms with Crippen LogP contribution in [0.3, 0.4) is 0 Å². The predicted molar refractivity (Wildman–Crippen MR) is 93.2 cm³/mol. The molecule has 2 aliphatic rings. The number of hydrogen-bond donors (Lipinski definition) is 0. The highest BCUT2D eigenvalue weighted by molar-refractivity contribution is 6.36. The van der Waals surface area contributed by atoms with Crippen LogP contribution in [0.25, 0.3) is 0 Å². The lowest BCUT2D eigenvalue weighted by Gasteiger charge is -2.34. The van der Waals surface area contributed by atoms with Gasteiger partial charge < -0.3 is 4.74 Å². The second-order valence-electron chi connectivity index (χ2n) is 6.47. The second kappa shape index (κ2) is 7.25. The molecule has 0 aromatic heterocycles. The SMILES string of the molecule is CC1CCN([C@H]2C=C[C@@H](OC(=O)c3ccc(Cl)cc3Cl)C2)CC1. The molecule has 1 aromatic rings. The van der Waals surface area contributed by atoms with Gasteiger partial charge in [-0.1, -0.05) is 36.2 Å². The number of rotatable bonds is 3. The van der Waals surface area contributed by atoms with E-state index in [9.17, 15) is 4.79 Å². The summed E-state index contributed by atoms with van der Waals surface area (Å²) in [5.74, 6) is 0.423. The van der Waals surface area contributed by atoms with E-state index in [1.807, 2.05) is 6.08 Å². The van der Waals surface area contributed by atoms with Gasteiger partial charge in [0.2, 0.25) is 0 Å². The first-order valence-electron chi connectivity index (χ1n) is 8.11. The van der Waals surface area contributed by atoms with Gasteiger partial charge in [0.15, 0.2) is 0 Å². The minimum absolute atomic E-state index is 0.182. The van der Waals surface area contributed by atoms with E-state index in [0.717, 1.165) is 25.4 Å². The van der Waals surface area contributed by atoms with E-state index in [-0.39, 0.29) is 6.10 Å². The van der Waals surface area contributed by atoms with Crippen LogP contribution in [0.2, 0.25) is 10.0 Å². The fourth-order valence-electron chi connectivity index (χ4n) is 3.22. The molecule has 0 spiro atoms. The third-order valence-corrected chi connectivity index (χ3v) is 5.27. The molecule has 1 saturated heterocycles. The maximum Gasteiger partial charge on any atom is 0.340 e. The van der Waals surface area contributed by atoms with Gasteiger partial charge in [0.25, 0.3) is 0 Å². The smallest absolute Gasteiger partial charge is 0.340 e. The maximum atomic E-state index is 12.3. The van der Waals surface area contributed by atoms with Crippen molar-refractivity contribution in [3.05, 3.63) is 46.0 Å². The van der Waals surface area contributed by atoms with Crippen LogP contribution >= 0.6 is 23.2 Å². The summed E-state index contributed by atoms with van der Waals surface area (Å²) in [6.45, 7) is 4.56. The van der Waals surface area contributed by atoms with Crippen LogP contribution < -0.4 is 0 Å². The molecule has 0 amide bonds.